The molecule has 0 saturated carbocycles. The standard InChI is InChI=1S/C19H25NO4/c1-13-7-6-8-14(2)16(13)20-12-19(9-10-21,11-15(20)22)17(23)24-18(3,4)5/h6-8,10H,9,11-12H2,1-5H3. The molecular weight excluding hydrogens is 306 g/mol. The maximum Gasteiger partial charge on any atom is 0.315 e. The molecule has 1 amide bonds. The van der Waals surface area contributed by atoms with Gasteiger partial charge in [0.25, 0.3) is 0 Å². The molecule has 0 aliphatic carbocycles. The number of hydrogen-bond donors (Lipinski definition) is 0. The van der Waals surface area contributed by atoms with Crippen molar-refractivity contribution < 1.29 is 19.1 Å². The van der Waals surface area contributed by atoms with Gasteiger partial charge < -0.3 is 14.4 Å². The second-order valence-corrected chi connectivity index (χ2v) is 7.55. The third kappa shape index (κ3) is 3.50. The van der Waals surface area contributed by atoms with Crippen LogP contribution in [0.5, 0.6) is 0 Å². The van der Waals surface area contributed by atoms with E-state index < -0.39 is 17.0 Å². The fraction of sp³-hybridized carbons (Fsp3) is 0.526. The molecule has 1 saturated heterocycles. The lowest BCUT2D eigenvalue weighted by molar-refractivity contribution is -0.167. The second kappa shape index (κ2) is 6.38. The fourth-order valence-electron chi connectivity index (χ4n) is 3.17. The van der Waals surface area contributed by atoms with Crippen molar-refractivity contribution in [2.75, 3.05) is 11.4 Å². The molecule has 1 aromatic carbocycles. The van der Waals surface area contributed by atoms with Gasteiger partial charge in [0.2, 0.25) is 5.91 Å². The summed E-state index contributed by atoms with van der Waals surface area (Å²) in [4.78, 5) is 38.2. The number of nitrogens with zero attached hydrogens (tertiary/aromatic N) is 1. The van der Waals surface area contributed by atoms with Crippen molar-refractivity contribution in [1.82, 2.24) is 0 Å². The number of amides is 1. The Bertz CT molecular complexity index is 654. The van der Waals surface area contributed by atoms with Crippen LogP contribution in [0.2, 0.25) is 0 Å². The van der Waals surface area contributed by atoms with E-state index in [9.17, 15) is 14.4 Å². The number of esters is 1. The van der Waals surface area contributed by atoms with Crippen LogP contribution in [0.25, 0.3) is 0 Å². The molecule has 2 rings (SSSR count). The minimum absolute atomic E-state index is 0.00553. The van der Waals surface area contributed by atoms with Crippen LogP contribution in [0.1, 0.15) is 44.7 Å². The Labute approximate surface area is 143 Å². The zero-order valence-corrected chi connectivity index (χ0v) is 15.0. The summed E-state index contributed by atoms with van der Waals surface area (Å²) >= 11 is 0. The zero-order chi connectivity index (χ0) is 18.1. The van der Waals surface area contributed by atoms with E-state index in [1.165, 1.54) is 0 Å². The highest BCUT2D eigenvalue weighted by Crippen LogP contribution is 2.40. The molecule has 0 radical (unpaired) electrons. The molecule has 0 N–H and O–H groups in total. The van der Waals surface area contributed by atoms with Crippen LogP contribution in [0.4, 0.5) is 5.69 Å². The molecule has 130 valence electrons. The minimum Gasteiger partial charge on any atom is -0.459 e. The summed E-state index contributed by atoms with van der Waals surface area (Å²) in [5.41, 5.74) is 0.978. The Morgan fingerprint density at radius 1 is 1.29 bits per heavy atom. The summed E-state index contributed by atoms with van der Waals surface area (Å²) < 4.78 is 5.49. The van der Waals surface area contributed by atoms with Gasteiger partial charge in [-0.05, 0) is 45.7 Å². The van der Waals surface area contributed by atoms with E-state index >= 15 is 0 Å². The Kier molecular flexibility index (Phi) is 4.83. The average Bonchev–Trinajstić information content (AvgIpc) is 2.75. The van der Waals surface area contributed by atoms with Crippen LogP contribution in [0, 0.1) is 19.3 Å². The van der Waals surface area contributed by atoms with Crippen molar-refractivity contribution in [1.29, 1.82) is 0 Å². The number of benzene rings is 1. The molecule has 1 heterocycles. The van der Waals surface area contributed by atoms with Gasteiger partial charge in [-0.25, -0.2) is 0 Å². The van der Waals surface area contributed by atoms with Crippen molar-refractivity contribution in [3.8, 4) is 0 Å². The van der Waals surface area contributed by atoms with Crippen molar-refractivity contribution in [2.45, 2.75) is 53.1 Å². The molecule has 1 aliphatic rings. The highest BCUT2D eigenvalue weighted by atomic mass is 16.6. The first-order chi connectivity index (χ1) is 11.1. The molecule has 5 heteroatoms. The van der Waals surface area contributed by atoms with E-state index in [1.54, 1.807) is 25.7 Å². The van der Waals surface area contributed by atoms with E-state index in [1.807, 2.05) is 32.0 Å². The second-order valence-electron chi connectivity index (χ2n) is 7.55. The van der Waals surface area contributed by atoms with Crippen LogP contribution < -0.4 is 4.90 Å². The molecule has 24 heavy (non-hydrogen) atoms. The lowest BCUT2D eigenvalue weighted by Gasteiger charge is -2.30. The number of aldehydes is 1. The molecule has 0 bridgehead atoms. The average molecular weight is 331 g/mol. The number of carbonyl (C=O) groups excluding carboxylic acids is 3. The smallest absolute Gasteiger partial charge is 0.315 e. The third-order valence-corrected chi connectivity index (χ3v) is 4.27. The number of aryl methyl sites for hydroxylation is 2. The van der Waals surface area contributed by atoms with Gasteiger partial charge in [0.1, 0.15) is 17.3 Å². The summed E-state index contributed by atoms with van der Waals surface area (Å²) in [6.45, 7) is 9.37. The maximum atomic E-state index is 12.7. The number of para-hydroxylation sites is 1. The summed E-state index contributed by atoms with van der Waals surface area (Å²) in [6, 6.07) is 5.80. The monoisotopic (exact) mass is 331 g/mol. The summed E-state index contributed by atoms with van der Waals surface area (Å²) in [6.07, 6.45) is 0.676. The third-order valence-electron chi connectivity index (χ3n) is 4.27. The molecular formula is C19H25NO4. The zero-order valence-electron chi connectivity index (χ0n) is 15.0. The predicted molar refractivity (Wildman–Crippen MR) is 91.8 cm³/mol. The normalized spacial score (nSPS) is 21.0. The van der Waals surface area contributed by atoms with Crippen molar-refractivity contribution in [2.24, 2.45) is 5.41 Å². The van der Waals surface area contributed by atoms with E-state index in [0.29, 0.717) is 6.29 Å². The molecule has 1 fully saturated rings. The van der Waals surface area contributed by atoms with E-state index in [2.05, 4.69) is 0 Å². The Morgan fingerprint density at radius 2 is 1.88 bits per heavy atom. The van der Waals surface area contributed by atoms with Gasteiger partial charge in [0.05, 0.1) is 0 Å². The van der Waals surface area contributed by atoms with Gasteiger partial charge in [-0.15, -0.1) is 0 Å². The topological polar surface area (TPSA) is 63.7 Å². The van der Waals surface area contributed by atoms with Crippen molar-refractivity contribution >= 4 is 23.9 Å². The van der Waals surface area contributed by atoms with Gasteiger partial charge in [0, 0.05) is 25.1 Å². The van der Waals surface area contributed by atoms with Crippen LogP contribution in [-0.2, 0) is 19.1 Å². The van der Waals surface area contributed by atoms with Gasteiger partial charge in [-0.3, -0.25) is 9.59 Å². The van der Waals surface area contributed by atoms with Gasteiger partial charge >= 0.3 is 5.97 Å². The van der Waals surface area contributed by atoms with E-state index in [0.717, 1.165) is 16.8 Å². The fourth-order valence-corrected chi connectivity index (χ4v) is 3.17. The van der Waals surface area contributed by atoms with Gasteiger partial charge in [-0.2, -0.15) is 0 Å². The molecule has 1 aromatic rings. The number of anilines is 1. The van der Waals surface area contributed by atoms with Crippen LogP contribution in [-0.4, -0.2) is 30.3 Å². The predicted octanol–water partition coefficient (Wildman–Crippen LogP) is 2.96. The lowest BCUT2D eigenvalue weighted by atomic mass is 9.83. The van der Waals surface area contributed by atoms with Crippen molar-refractivity contribution in [3.63, 3.8) is 0 Å². The van der Waals surface area contributed by atoms with Gasteiger partial charge in [-0.1, -0.05) is 18.2 Å². The number of carbonyl (C=O) groups is 3. The molecule has 1 aliphatic heterocycles. The molecule has 5 nitrogen and oxygen atoms in total. The number of rotatable bonds is 4. The maximum absolute atomic E-state index is 12.7. The van der Waals surface area contributed by atoms with E-state index in [-0.39, 0.29) is 25.3 Å². The Hall–Kier alpha value is -2.17. The first kappa shape index (κ1) is 18.2. The first-order valence-corrected chi connectivity index (χ1v) is 8.13. The van der Waals surface area contributed by atoms with Crippen LogP contribution in [0.3, 0.4) is 0 Å². The molecule has 0 aromatic heterocycles. The summed E-state index contributed by atoms with van der Waals surface area (Å²) in [5, 5.41) is 0. The number of hydrogen-bond acceptors (Lipinski definition) is 4. The quantitative estimate of drug-likeness (QED) is 0.628. The molecule has 1 unspecified atom stereocenters. The van der Waals surface area contributed by atoms with E-state index in [4.69, 9.17) is 4.74 Å². The highest BCUT2D eigenvalue weighted by molar-refractivity contribution is 6.02. The lowest BCUT2D eigenvalue weighted by Crippen LogP contribution is -2.40. The Balaban J connectivity index is 2.39. The van der Waals surface area contributed by atoms with Crippen LogP contribution in [0.15, 0.2) is 18.2 Å². The first-order valence-electron chi connectivity index (χ1n) is 8.13. The summed E-state index contributed by atoms with van der Waals surface area (Å²) in [5.74, 6) is -0.635. The van der Waals surface area contributed by atoms with Gasteiger partial charge in [0.15, 0.2) is 0 Å². The van der Waals surface area contributed by atoms with Crippen LogP contribution >= 0.6 is 0 Å². The minimum atomic E-state index is -1.11. The number of ether oxygens (including phenoxy) is 1. The highest BCUT2D eigenvalue weighted by Gasteiger charge is 2.51. The molecule has 0 spiro atoms. The molecule has 1 atom stereocenters. The Morgan fingerprint density at radius 3 is 2.38 bits per heavy atom. The SMILES string of the molecule is Cc1cccc(C)c1N1CC(CC=O)(C(=O)OC(C)(C)C)CC1=O. The summed E-state index contributed by atoms with van der Waals surface area (Å²) in [7, 11) is 0. The largest absolute Gasteiger partial charge is 0.459 e. The van der Waals surface area contributed by atoms with Crippen molar-refractivity contribution in [3.05, 3.63) is 29.3 Å².